The number of benzene rings is 1. The predicted octanol–water partition coefficient (Wildman–Crippen LogP) is 3.39. The molecule has 0 radical (unpaired) electrons. The zero-order valence-electron chi connectivity index (χ0n) is 15.3. The molecule has 1 aliphatic carbocycles. The Hall–Kier alpha value is -2.18. The molecule has 1 spiro atoms. The number of rotatable bonds is 3. The Morgan fingerprint density at radius 3 is 2.59 bits per heavy atom. The molecule has 0 unspecified atom stereocenters. The summed E-state index contributed by atoms with van der Waals surface area (Å²) in [4.78, 5) is 25.8. The molecule has 1 saturated carbocycles. The highest BCUT2D eigenvalue weighted by Crippen LogP contribution is 2.42. The van der Waals surface area contributed by atoms with Gasteiger partial charge in [0, 0.05) is 31.5 Å². The molecule has 4 rings (SSSR count). The number of alkyl halides is 2. The highest BCUT2D eigenvalue weighted by molar-refractivity contribution is 5.81. The van der Waals surface area contributed by atoms with E-state index in [1.165, 1.54) is 6.07 Å². The quantitative estimate of drug-likeness (QED) is 0.877. The van der Waals surface area contributed by atoms with E-state index in [4.69, 9.17) is 4.74 Å². The van der Waals surface area contributed by atoms with E-state index >= 15 is 0 Å². The molecular formula is C20H24F2N2O3. The summed E-state index contributed by atoms with van der Waals surface area (Å²) in [6, 6.07) is 6.64. The molecule has 27 heavy (non-hydrogen) atoms. The minimum atomic E-state index is -2.84. The van der Waals surface area contributed by atoms with Gasteiger partial charge in [0.1, 0.15) is 6.61 Å². The van der Waals surface area contributed by atoms with Crippen molar-refractivity contribution in [3.8, 4) is 0 Å². The third kappa shape index (κ3) is 3.51. The van der Waals surface area contributed by atoms with E-state index in [0.29, 0.717) is 32.5 Å². The van der Waals surface area contributed by atoms with Crippen LogP contribution in [0.3, 0.4) is 0 Å². The van der Waals surface area contributed by atoms with Gasteiger partial charge in [-0.25, -0.2) is 13.6 Å². The number of halogens is 2. The van der Waals surface area contributed by atoms with Crippen molar-refractivity contribution in [3.05, 3.63) is 35.4 Å². The number of amides is 2. The van der Waals surface area contributed by atoms with E-state index in [0.717, 1.165) is 25.3 Å². The van der Waals surface area contributed by atoms with Crippen LogP contribution in [-0.4, -0.2) is 42.1 Å². The molecule has 5 nitrogen and oxygen atoms in total. The van der Waals surface area contributed by atoms with Gasteiger partial charge in [-0.3, -0.25) is 4.79 Å². The molecule has 1 aromatic rings. The van der Waals surface area contributed by atoms with Gasteiger partial charge in [0.15, 0.2) is 0 Å². The van der Waals surface area contributed by atoms with Crippen LogP contribution in [0.15, 0.2) is 24.3 Å². The average Bonchev–Trinajstić information content (AvgIpc) is 3.02. The van der Waals surface area contributed by atoms with Crippen LogP contribution in [0.5, 0.6) is 0 Å². The highest BCUT2D eigenvalue weighted by atomic mass is 19.3. The summed E-state index contributed by atoms with van der Waals surface area (Å²) in [6.07, 6.45) is 2.42. The molecule has 0 atom stereocenters. The lowest BCUT2D eigenvalue weighted by Crippen LogP contribution is -2.58. The fraction of sp³-hybridized carbons (Fsp3) is 0.600. The van der Waals surface area contributed by atoms with Crippen molar-refractivity contribution in [2.24, 2.45) is 5.92 Å². The lowest BCUT2D eigenvalue weighted by molar-refractivity contribution is -0.142. The van der Waals surface area contributed by atoms with E-state index in [9.17, 15) is 18.4 Å². The van der Waals surface area contributed by atoms with E-state index in [2.05, 4.69) is 5.32 Å². The molecule has 7 heteroatoms. The Morgan fingerprint density at radius 2 is 2.00 bits per heavy atom. The van der Waals surface area contributed by atoms with Gasteiger partial charge in [-0.05, 0) is 43.2 Å². The van der Waals surface area contributed by atoms with Crippen molar-refractivity contribution in [2.45, 2.75) is 50.0 Å². The lowest BCUT2D eigenvalue weighted by atomic mass is 9.68. The van der Waals surface area contributed by atoms with E-state index in [-0.39, 0.29) is 28.8 Å². The van der Waals surface area contributed by atoms with Gasteiger partial charge in [0.05, 0.1) is 5.54 Å². The van der Waals surface area contributed by atoms with Gasteiger partial charge in [-0.15, -0.1) is 0 Å². The van der Waals surface area contributed by atoms with Crippen molar-refractivity contribution < 1.29 is 23.1 Å². The van der Waals surface area contributed by atoms with Gasteiger partial charge in [0.25, 0.3) is 5.92 Å². The summed E-state index contributed by atoms with van der Waals surface area (Å²) >= 11 is 0. The van der Waals surface area contributed by atoms with Crippen LogP contribution in [0.1, 0.15) is 49.7 Å². The number of cyclic esters (lactones) is 1. The first-order chi connectivity index (χ1) is 12.8. The van der Waals surface area contributed by atoms with Crippen molar-refractivity contribution in [1.82, 2.24) is 10.2 Å². The van der Waals surface area contributed by atoms with Gasteiger partial charge >= 0.3 is 6.09 Å². The second-order valence-corrected chi connectivity index (χ2v) is 8.20. The minimum Gasteiger partial charge on any atom is -0.447 e. The van der Waals surface area contributed by atoms with Crippen LogP contribution in [0, 0.1) is 5.92 Å². The largest absolute Gasteiger partial charge is 0.447 e. The Labute approximate surface area is 157 Å². The zero-order valence-corrected chi connectivity index (χ0v) is 15.3. The maximum Gasteiger partial charge on any atom is 0.407 e. The van der Waals surface area contributed by atoms with Crippen molar-refractivity contribution in [3.63, 3.8) is 0 Å². The average molecular weight is 378 g/mol. The van der Waals surface area contributed by atoms with Crippen LogP contribution in [0.2, 0.25) is 0 Å². The summed E-state index contributed by atoms with van der Waals surface area (Å²) in [5.74, 6) is -2.57. The molecule has 1 aromatic carbocycles. The molecule has 3 aliphatic rings. The molecule has 3 fully saturated rings. The first-order valence-electron chi connectivity index (χ1n) is 9.48. The predicted molar refractivity (Wildman–Crippen MR) is 94.5 cm³/mol. The normalized spacial score (nSPS) is 28.6. The van der Waals surface area contributed by atoms with Crippen LogP contribution in [0.4, 0.5) is 13.6 Å². The Morgan fingerprint density at radius 1 is 1.30 bits per heavy atom. The Bertz CT molecular complexity index is 748. The van der Waals surface area contributed by atoms with Crippen LogP contribution >= 0.6 is 0 Å². The Kier molecular flexibility index (Phi) is 4.35. The third-order valence-electron chi connectivity index (χ3n) is 6.14. The molecule has 2 amide bonds. The summed E-state index contributed by atoms with van der Waals surface area (Å²) < 4.78 is 32.1. The first-order valence-corrected chi connectivity index (χ1v) is 9.48. The molecule has 2 saturated heterocycles. The molecule has 0 bridgehead atoms. The smallest absolute Gasteiger partial charge is 0.407 e. The second-order valence-electron chi connectivity index (χ2n) is 8.20. The number of carbonyl (C=O) groups excluding carboxylic acids is 2. The van der Waals surface area contributed by atoms with Gasteiger partial charge < -0.3 is 15.0 Å². The zero-order chi connectivity index (χ0) is 19.2. The van der Waals surface area contributed by atoms with Gasteiger partial charge in [-0.2, -0.15) is 0 Å². The molecule has 0 aromatic heterocycles. The summed E-state index contributed by atoms with van der Waals surface area (Å²) in [7, 11) is 0. The number of nitrogens with zero attached hydrogens (tertiary/aromatic N) is 1. The Balaban J connectivity index is 1.32. The molecule has 146 valence electrons. The van der Waals surface area contributed by atoms with Crippen LogP contribution < -0.4 is 5.32 Å². The fourth-order valence-corrected chi connectivity index (χ4v) is 4.53. The van der Waals surface area contributed by atoms with Crippen molar-refractivity contribution >= 4 is 12.0 Å². The summed E-state index contributed by atoms with van der Waals surface area (Å²) in [5.41, 5.74) is 0.621. The number of hydrogen-bond acceptors (Lipinski definition) is 3. The topological polar surface area (TPSA) is 58.6 Å². The van der Waals surface area contributed by atoms with Crippen LogP contribution in [-0.2, 0) is 15.5 Å². The SMILES string of the molecule is CC(F)(F)c1cccc(C2CCN(C(=O)[C@H]3C[C@]4(COC(=O)N4)C3)CC2)c1. The number of piperidine rings is 1. The monoisotopic (exact) mass is 378 g/mol. The highest BCUT2D eigenvalue weighted by Gasteiger charge is 2.53. The van der Waals surface area contributed by atoms with E-state index in [1.807, 2.05) is 11.0 Å². The number of hydrogen-bond donors (Lipinski definition) is 1. The number of alkyl carbamates (subject to hydrolysis) is 1. The van der Waals surface area contributed by atoms with Crippen molar-refractivity contribution in [1.29, 1.82) is 0 Å². The first kappa shape index (κ1) is 18.2. The van der Waals surface area contributed by atoms with E-state index in [1.54, 1.807) is 12.1 Å². The number of likely N-dealkylation sites (tertiary alicyclic amines) is 1. The summed E-state index contributed by atoms with van der Waals surface area (Å²) in [5, 5.41) is 2.81. The standard InChI is InChI=1S/C20H24F2N2O3/c1-19(21,22)16-4-2-3-14(9-16)13-5-7-24(8-6-13)17(25)15-10-20(11-15)12-27-18(26)23-20/h2-4,9,13,15H,5-8,10-12H2,1H3,(H,23,26)/t15-,20+. The molecule has 2 heterocycles. The molecular weight excluding hydrogens is 354 g/mol. The van der Waals surface area contributed by atoms with Crippen LogP contribution in [0.25, 0.3) is 0 Å². The second kappa shape index (κ2) is 6.46. The van der Waals surface area contributed by atoms with Gasteiger partial charge in [0.2, 0.25) is 5.91 Å². The third-order valence-corrected chi connectivity index (χ3v) is 6.14. The summed E-state index contributed by atoms with van der Waals surface area (Å²) in [6.45, 7) is 2.54. The molecule has 1 N–H and O–H groups in total. The number of nitrogens with one attached hydrogen (secondary N) is 1. The maximum absolute atomic E-state index is 13.6. The molecule has 2 aliphatic heterocycles. The van der Waals surface area contributed by atoms with E-state index < -0.39 is 12.0 Å². The minimum absolute atomic E-state index is 0.0408. The fourth-order valence-electron chi connectivity index (χ4n) is 4.53. The lowest BCUT2D eigenvalue weighted by Gasteiger charge is -2.45. The van der Waals surface area contributed by atoms with Crippen molar-refractivity contribution in [2.75, 3.05) is 19.7 Å². The maximum atomic E-state index is 13.6. The van der Waals surface area contributed by atoms with Gasteiger partial charge in [-0.1, -0.05) is 18.2 Å². The number of carbonyl (C=O) groups is 2. The number of ether oxygens (including phenoxy) is 1.